The fourth-order valence-corrected chi connectivity index (χ4v) is 7.19. The van der Waals surface area contributed by atoms with Gasteiger partial charge in [-0.3, -0.25) is 4.98 Å². The Morgan fingerprint density at radius 3 is 2.41 bits per heavy atom. The average Bonchev–Trinajstić information content (AvgIpc) is 3.45. The smallest absolute Gasteiger partial charge is 0.174 e. The number of piperidine rings is 1. The van der Waals surface area contributed by atoms with E-state index in [4.69, 9.17) is 40.4 Å². The molecule has 2 atom stereocenters. The quantitative estimate of drug-likeness (QED) is 0.231. The summed E-state index contributed by atoms with van der Waals surface area (Å²) >= 11 is 19.4. The Kier molecular flexibility index (Phi) is 7.75. The lowest BCUT2D eigenvalue weighted by Crippen LogP contribution is -2.33. The van der Waals surface area contributed by atoms with E-state index in [9.17, 15) is 0 Å². The maximum absolute atomic E-state index is 6.98. The predicted octanol–water partition coefficient (Wildman–Crippen LogP) is 8.52. The van der Waals surface area contributed by atoms with Crippen molar-refractivity contribution in [2.45, 2.75) is 52.6 Å². The van der Waals surface area contributed by atoms with Crippen molar-refractivity contribution in [2.24, 2.45) is 5.92 Å². The number of hydrogen-bond acceptors (Lipinski definition) is 3. The van der Waals surface area contributed by atoms with Crippen molar-refractivity contribution in [1.29, 1.82) is 0 Å². The molecule has 4 aromatic rings. The summed E-state index contributed by atoms with van der Waals surface area (Å²) in [6.07, 6.45) is 4.21. The van der Waals surface area contributed by atoms with Gasteiger partial charge in [0.05, 0.1) is 28.5 Å². The second-order valence-corrected chi connectivity index (χ2v) is 12.6. The zero-order valence-electron chi connectivity index (χ0n) is 23.9. The van der Waals surface area contributed by atoms with Gasteiger partial charge in [0.25, 0.3) is 0 Å². The van der Waals surface area contributed by atoms with Gasteiger partial charge in [-0.15, -0.1) is 0 Å². The standard InChI is InChI=1S/C33H35Cl2N5S/c1-20-12-15-38(16-13-20)29-11-10-25(19-27(29)35)40-32(31(37-33(40)41)28-7-5-6-14-36-28)26-17-22(3)39(23(26)4)30-18-24(34)9-8-21(30)2/h5-11,14,17-20,31-32H,12-13,15-16H2,1-4H3,(H,37,41)/t31-,32-/m1/s1. The van der Waals surface area contributed by atoms with Gasteiger partial charge in [-0.1, -0.05) is 42.3 Å². The molecule has 6 rings (SSSR count). The summed E-state index contributed by atoms with van der Waals surface area (Å²) < 4.78 is 2.29. The van der Waals surface area contributed by atoms with E-state index in [1.165, 1.54) is 18.4 Å². The maximum atomic E-state index is 6.98. The number of aromatic nitrogens is 2. The summed E-state index contributed by atoms with van der Waals surface area (Å²) in [5.41, 5.74) is 8.69. The lowest BCUT2D eigenvalue weighted by atomic mass is 9.96. The summed E-state index contributed by atoms with van der Waals surface area (Å²) in [7, 11) is 0. The van der Waals surface area contributed by atoms with Crippen molar-refractivity contribution in [3.05, 3.63) is 105 Å². The third kappa shape index (κ3) is 5.22. The van der Waals surface area contributed by atoms with E-state index in [2.05, 4.69) is 83.8 Å². The molecular formula is C33H35Cl2N5S. The molecule has 0 saturated carbocycles. The number of pyridine rings is 1. The number of hydrogen-bond donors (Lipinski definition) is 1. The monoisotopic (exact) mass is 603 g/mol. The first-order valence-corrected chi connectivity index (χ1v) is 15.4. The molecule has 1 N–H and O–H groups in total. The molecule has 2 saturated heterocycles. The highest BCUT2D eigenvalue weighted by Gasteiger charge is 2.42. The normalized spacial score (nSPS) is 19.6. The number of rotatable bonds is 5. The number of halogens is 2. The molecule has 41 heavy (non-hydrogen) atoms. The molecule has 0 unspecified atom stereocenters. The van der Waals surface area contributed by atoms with Crippen LogP contribution in [0.2, 0.25) is 10.0 Å². The molecule has 2 aliphatic rings. The summed E-state index contributed by atoms with van der Waals surface area (Å²) in [4.78, 5) is 9.35. The third-order valence-electron chi connectivity index (χ3n) is 8.63. The van der Waals surface area contributed by atoms with Crippen LogP contribution in [0.4, 0.5) is 11.4 Å². The van der Waals surface area contributed by atoms with E-state index in [1.807, 2.05) is 30.5 Å². The highest BCUT2D eigenvalue weighted by molar-refractivity contribution is 7.80. The van der Waals surface area contributed by atoms with E-state index in [-0.39, 0.29) is 12.1 Å². The zero-order chi connectivity index (χ0) is 28.8. The van der Waals surface area contributed by atoms with Gasteiger partial charge in [0, 0.05) is 47.1 Å². The molecule has 4 heterocycles. The number of nitrogens with zero attached hydrogens (tertiary/aromatic N) is 4. The van der Waals surface area contributed by atoms with Gasteiger partial charge in [-0.25, -0.2) is 0 Å². The third-order valence-corrected chi connectivity index (χ3v) is 9.49. The fourth-order valence-electron chi connectivity index (χ4n) is 6.38. The number of thiocarbonyl (C=S) groups is 1. The second-order valence-electron chi connectivity index (χ2n) is 11.4. The van der Waals surface area contributed by atoms with Crippen molar-refractivity contribution in [1.82, 2.24) is 14.9 Å². The van der Waals surface area contributed by atoms with Crippen molar-refractivity contribution >= 4 is 51.9 Å². The first-order chi connectivity index (χ1) is 19.7. The highest BCUT2D eigenvalue weighted by atomic mass is 35.5. The van der Waals surface area contributed by atoms with Crippen LogP contribution in [0.5, 0.6) is 0 Å². The van der Waals surface area contributed by atoms with Crippen LogP contribution < -0.4 is 15.1 Å². The first-order valence-electron chi connectivity index (χ1n) is 14.2. The fraction of sp³-hybridized carbons (Fsp3) is 0.333. The number of anilines is 2. The SMILES string of the molecule is Cc1ccc(Cl)cc1-n1c(C)cc([C@@H]2[C@@H](c3ccccn3)NC(=S)N2c2ccc(N3CCC(C)CC3)c(Cl)c2)c1C. The zero-order valence-corrected chi connectivity index (χ0v) is 26.2. The van der Waals surface area contributed by atoms with E-state index < -0.39 is 0 Å². The molecule has 0 bridgehead atoms. The first kappa shape index (κ1) is 28.1. The Hall–Kier alpha value is -3.06. The molecule has 0 aliphatic carbocycles. The largest absolute Gasteiger partial charge is 0.370 e. The van der Waals surface area contributed by atoms with E-state index in [0.29, 0.717) is 10.1 Å². The minimum atomic E-state index is -0.139. The highest BCUT2D eigenvalue weighted by Crippen LogP contribution is 2.45. The number of benzene rings is 2. The Morgan fingerprint density at radius 2 is 1.71 bits per heavy atom. The summed E-state index contributed by atoms with van der Waals surface area (Å²) in [5, 5.41) is 5.72. The van der Waals surface area contributed by atoms with Gasteiger partial charge < -0.3 is 19.7 Å². The Labute approximate surface area is 258 Å². The van der Waals surface area contributed by atoms with Crippen LogP contribution in [0, 0.1) is 26.7 Å². The second kappa shape index (κ2) is 11.3. The molecular weight excluding hydrogens is 569 g/mol. The number of aryl methyl sites for hydroxylation is 2. The molecule has 212 valence electrons. The van der Waals surface area contributed by atoms with Crippen molar-refractivity contribution < 1.29 is 0 Å². The van der Waals surface area contributed by atoms with E-state index >= 15 is 0 Å². The molecule has 0 amide bonds. The van der Waals surface area contributed by atoms with Gasteiger partial charge in [0.15, 0.2) is 5.11 Å². The molecule has 2 aromatic carbocycles. The molecule has 0 spiro atoms. The summed E-state index contributed by atoms with van der Waals surface area (Å²) in [6, 6.07) is 20.4. The molecule has 8 heteroatoms. The van der Waals surface area contributed by atoms with Gasteiger partial charge >= 0.3 is 0 Å². The van der Waals surface area contributed by atoms with Crippen LogP contribution in [0.3, 0.4) is 0 Å². The van der Waals surface area contributed by atoms with Gasteiger partial charge in [-0.2, -0.15) is 0 Å². The van der Waals surface area contributed by atoms with Gasteiger partial charge in [0.2, 0.25) is 0 Å². The van der Waals surface area contributed by atoms with Crippen LogP contribution >= 0.6 is 35.4 Å². The van der Waals surface area contributed by atoms with Gasteiger partial charge in [-0.05, 0) is 111 Å². The molecule has 0 radical (unpaired) electrons. The van der Waals surface area contributed by atoms with Crippen LogP contribution in [0.25, 0.3) is 5.69 Å². The lowest BCUT2D eigenvalue weighted by Gasteiger charge is -2.33. The van der Waals surface area contributed by atoms with Gasteiger partial charge in [0.1, 0.15) is 0 Å². The van der Waals surface area contributed by atoms with Crippen LogP contribution in [-0.4, -0.2) is 27.8 Å². The van der Waals surface area contributed by atoms with Crippen molar-refractivity contribution in [3.63, 3.8) is 0 Å². The Balaban J connectivity index is 1.45. The predicted molar refractivity (Wildman–Crippen MR) is 175 cm³/mol. The minimum absolute atomic E-state index is 0.130. The van der Waals surface area contributed by atoms with Crippen LogP contribution in [0.1, 0.15) is 60.1 Å². The molecule has 5 nitrogen and oxygen atoms in total. The van der Waals surface area contributed by atoms with Crippen LogP contribution in [0.15, 0.2) is 66.9 Å². The summed E-state index contributed by atoms with van der Waals surface area (Å²) in [6.45, 7) is 10.8. The lowest BCUT2D eigenvalue weighted by molar-refractivity contribution is 0.438. The maximum Gasteiger partial charge on any atom is 0.174 e. The Morgan fingerprint density at radius 1 is 0.927 bits per heavy atom. The van der Waals surface area contributed by atoms with Crippen molar-refractivity contribution in [2.75, 3.05) is 22.9 Å². The Bertz CT molecular complexity index is 1590. The molecule has 2 fully saturated rings. The minimum Gasteiger partial charge on any atom is -0.370 e. The molecule has 2 aromatic heterocycles. The summed E-state index contributed by atoms with van der Waals surface area (Å²) in [5.74, 6) is 0.760. The van der Waals surface area contributed by atoms with E-state index in [0.717, 1.165) is 63.7 Å². The average molecular weight is 605 g/mol. The van der Waals surface area contributed by atoms with Crippen LogP contribution in [-0.2, 0) is 0 Å². The van der Waals surface area contributed by atoms with Crippen molar-refractivity contribution in [3.8, 4) is 5.69 Å². The number of nitrogens with one attached hydrogen (secondary N) is 1. The molecule has 2 aliphatic heterocycles. The van der Waals surface area contributed by atoms with E-state index in [1.54, 1.807) is 0 Å². The topological polar surface area (TPSA) is 36.3 Å².